The van der Waals surface area contributed by atoms with Crippen molar-refractivity contribution in [2.24, 2.45) is 5.92 Å². The van der Waals surface area contributed by atoms with Gasteiger partial charge in [0.15, 0.2) is 5.16 Å². The lowest BCUT2D eigenvalue weighted by atomic mass is 10.1. The van der Waals surface area contributed by atoms with E-state index in [0.29, 0.717) is 18.0 Å². The normalized spacial score (nSPS) is 11.0. The average Bonchev–Trinajstić information content (AvgIpc) is 2.67. The van der Waals surface area contributed by atoms with Crippen molar-refractivity contribution in [2.75, 3.05) is 25.0 Å². The molecular weight excluding hydrogens is 368 g/mol. The van der Waals surface area contributed by atoms with E-state index in [0.717, 1.165) is 46.5 Å². The van der Waals surface area contributed by atoms with Gasteiger partial charge in [-0.15, -0.1) is 0 Å². The van der Waals surface area contributed by atoms with Crippen LogP contribution in [0.4, 0.5) is 5.82 Å². The molecule has 1 heterocycles. The Morgan fingerprint density at radius 2 is 1.86 bits per heavy atom. The molecule has 28 heavy (non-hydrogen) atoms. The Hall–Kier alpha value is -2.08. The molecule has 0 unspecified atom stereocenters. The summed E-state index contributed by atoms with van der Waals surface area (Å²) in [5.41, 5.74) is 4.00. The Balaban J connectivity index is 2.03. The Morgan fingerprint density at radius 1 is 1.18 bits per heavy atom. The van der Waals surface area contributed by atoms with Gasteiger partial charge in [0.05, 0.1) is 0 Å². The van der Waals surface area contributed by atoms with Crippen molar-refractivity contribution in [3.05, 3.63) is 46.6 Å². The first-order valence-electron chi connectivity index (χ1n) is 9.88. The van der Waals surface area contributed by atoms with Gasteiger partial charge in [-0.3, -0.25) is 4.79 Å². The largest absolute Gasteiger partial charge is 0.359 e. The number of amides is 1. The van der Waals surface area contributed by atoms with Gasteiger partial charge in [0.25, 0.3) is 5.91 Å². The first kappa shape index (κ1) is 22.2. The van der Waals surface area contributed by atoms with E-state index in [-0.39, 0.29) is 5.91 Å². The standard InChI is InChI=1S/C22H32N4OS/c1-7-12-26(6)20-16(4)17(5)24-22(25-20)28-14-18-8-10-19(11-9-18)21(27)23-13-15(2)3/h8-11,15H,7,12-14H2,1-6H3,(H,23,27). The highest BCUT2D eigenvalue weighted by molar-refractivity contribution is 7.98. The van der Waals surface area contributed by atoms with Gasteiger partial charge >= 0.3 is 0 Å². The van der Waals surface area contributed by atoms with E-state index >= 15 is 0 Å². The van der Waals surface area contributed by atoms with Crippen molar-refractivity contribution >= 4 is 23.5 Å². The second-order valence-electron chi connectivity index (χ2n) is 7.55. The summed E-state index contributed by atoms with van der Waals surface area (Å²) in [5.74, 6) is 2.20. The lowest BCUT2D eigenvalue weighted by Crippen LogP contribution is -2.27. The maximum absolute atomic E-state index is 12.1. The molecule has 0 spiro atoms. The van der Waals surface area contributed by atoms with Crippen molar-refractivity contribution in [1.29, 1.82) is 0 Å². The highest BCUT2D eigenvalue weighted by atomic mass is 32.2. The minimum Gasteiger partial charge on any atom is -0.359 e. The number of aromatic nitrogens is 2. The van der Waals surface area contributed by atoms with E-state index < -0.39 is 0 Å². The number of nitrogens with one attached hydrogen (secondary N) is 1. The van der Waals surface area contributed by atoms with Gasteiger partial charge in [0, 0.05) is 42.7 Å². The van der Waals surface area contributed by atoms with Gasteiger partial charge in [0.1, 0.15) is 5.82 Å². The lowest BCUT2D eigenvalue weighted by molar-refractivity contribution is 0.0949. The van der Waals surface area contributed by atoms with Crippen molar-refractivity contribution in [3.63, 3.8) is 0 Å². The van der Waals surface area contributed by atoms with Crippen LogP contribution >= 0.6 is 11.8 Å². The fraction of sp³-hybridized carbons (Fsp3) is 0.500. The molecule has 0 aliphatic rings. The van der Waals surface area contributed by atoms with E-state index in [1.54, 1.807) is 11.8 Å². The molecule has 0 fully saturated rings. The highest BCUT2D eigenvalue weighted by Gasteiger charge is 2.12. The van der Waals surface area contributed by atoms with E-state index in [4.69, 9.17) is 4.98 Å². The summed E-state index contributed by atoms with van der Waals surface area (Å²) in [6.45, 7) is 12.1. The summed E-state index contributed by atoms with van der Waals surface area (Å²) in [4.78, 5) is 23.7. The number of carbonyl (C=O) groups excluding carboxylic acids is 1. The van der Waals surface area contributed by atoms with Gasteiger partial charge in [-0.1, -0.05) is 44.7 Å². The van der Waals surface area contributed by atoms with E-state index in [9.17, 15) is 4.79 Å². The number of nitrogens with zero attached hydrogens (tertiary/aromatic N) is 3. The topological polar surface area (TPSA) is 58.1 Å². The number of hydrogen-bond donors (Lipinski definition) is 1. The maximum atomic E-state index is 12.1. The van der Waals surface area contributed by atoms with E-state index in [2.05, 4.69) is 49.9 Å². The van der Waals surface area contributed by atoms with Crippen LogP contribution in [0.2, 0.25) is 0 Å². The van der Waals surface area contributed by atoms with Crippen LogP contribution in [0.3, 0.4) is 0 Å². The number of carbonyl (C=O) groups is 1. The number of anilines is 1. The molecule has 0 aliphatic carbocycles. The smallest absolute Gasteiger partial charge is 0.251 e. The monoisotopic (exact) mass is 400 g/mol. The van der Waals surface area contributed by atoms with Gasteiger partial charge in [-0.2, -0.15) is 0 Å². The second-order valence-corrected chi connectivity index (χ2v) is 8.49. The molecule has 0 radical (unpaired) electrons. The fourth-order valence-electron chi connectivity index (χ4n) is 2.77. The number of thioether (sulfide) groups is 1. The van der Waals surface area contributed by atoms with E-state index in [1.807, 2.05) is 31.2 Å². The highest BCUT2D eigenvalue weighted by Crippen LogP contribution is 2.25. The predicted octanol–water partition coefficient (Wildman–Crippen LogP) is 4.62. The van der Waals surface area contributed by atoms with Crippen LogP contribution in [0.15, 0.2) is 29.4 Å². The fourth-order valence-corrected chi connectivity index (χ4v) is 3.61. The lowest BCUT2D eigenvalue weighted by Gasteiger charge is -2.20. The summed E-state index contributed by atoms with van der Waals surface area (Å²) in [6, 6.07) is 7.77. The molecule has 1 aromatic carbocycles. The number of benzene rings is 1. The molecule has 0 atom stereocenters. The molecule has 2 aromatic rings. The SMILES string of the molecule is CCCN(C)c1nc(SCc2ccc(C(=O)NCC(C)C)cc2)nc(C)c1C. The first-order chi connectivity index (χ1) is 13.3. The molecule has 0 bridgehead atoms. The quantitative estimate of drug-likeness (QED) is 0.492. The zero-order chi connectivity index (χ0) is 20.7. The Kier molecular flexibility index (Phi) is 8.30. The van der Waals surface area contributed by atoms with Crippen LogP contribution in [0.5, 0.6) is 0 Å². The van der Waals surface area contributed by atoms with Crippen LogP contribution in [0, 0.1) is 19.8 Å². The van der Waals surface area contributed by atoms with Crippen LogP contribution in [-0.2, 0) is 5.75 Å². The molecule has 1 amide bonds. The summed E-state index contributed by atoms with van der Waals surface area (Å²) < 4.78 is 0. The van der Waals surface area contributed by atoms with Crippen molar-refractivity contribution < 1.29 is 4.79 Å². The summed E-state index contributed by atoms with van der Waals surface area (Å²) in [7, 11) is 2.08. The third-order valence-electron chi connectivity index (χ3n) is 4.52. The van der Waals surface area contributed by atoms with Crippen LogP contribution in [-0.4, -0.2) is 36.0 Å². The summed E-state index contributed by atoms with van der Waals surface area (Å²) >= 11 is 1.63. The van der Waals surface area contributed by atoms with Gasteiger partial charge in [-0.25, -0.2) is 9.97 Å². The average molecular weight is 401 g/mol. The van der Waals surface area contributed by atoms with Crippen LogP contribution in [0.1, 0.15) is 54.4 Å². The molecule has 0 saturated heterocycles. The molecule has 0 aliphatic heterocycles. The third kappa shape index (κ3) is 6.23. The van der Waals surface area contributed by atoms with Crippen molar-refractivity contribution in [2.45, 2.75) is 51.9 Å². The second kappa shape index (κ2) is 10.5. The Labute approximate surface area is 173 Å². The summed E-state index contributed by atoms with van der Waals surface area (Å²) in [6.07, 6.45) is 1.08. The predicted molar refractivity (Wildman–Crippen MR) is 118 cm³/mol. The van der Waals surface area contributed by atoms with Crippen molar-refractivity contribution in [3.8, 4) is 0 Å². The Bertz CT molecular complexity index is 790. The number of aryl methyl sites for hydroxylation is 1. The van der Waals surface area contributed by atoms with Gasteiger partial charge in [0.2, 0.25) is 0 Å². The zero-order valence-electron chi connectivity index (χ0n) is 17.9. The maximum Gasteiger partial charge on any atom is 0.251 e. The molecule has 2 rings (SSSR count). The number of hydrogen-bond acceptors (Lipinski definition) is 5. The molecule has 5 nitrogen and oxygen atoms in total. The third-order valence-corrected chi connectivity index (χ3v) is 5.44. The molecule has 152 valence electrons. The Morgan fingerprint density at radius 3 is 2.46 bits per heavy atom. The molecule has 1 N–H and O–H groups in total. The first-order valence-corrected chi connectivity index (χ1v) is 10.9. The summed E-state index contributed by atoms with van der Waals surface area (Å²) in [5, 5.41) is 3.74. The number of rotatable bonds is 9. The molecule has 1 aromatic heterocycles. The van der Waals surface area contributed by atoms with E-state index in [1.165, 1.54) is 0 Å². The van der Waals surface area contributed by atoms with Gasteiger partial charge < -0.3 is 10.2 Å². The van der Waals surface area contributed by atoms with Crippen LogP contribution < -0.4 is 10.2 Å². The van der Waals surface area contributed by atoms with Gasteiger partial charge in [-0.05, 0) is 43.9 Å². The minimum atomic E-state index is -0.0194. The molecular formula is C22H32N4OS. The van der Waals surface area contributed by atoms with Crippen LogP contribution in [0.25, 0.3) is 0 Å². The molecule has 0 saturated carbocycles. The zero-order valence-corrected chi connectivity index (χ0v) is 18.7. The minimum absolute atomic E-state index is 0.0194. The molecule has 6 heteroatoms. The van der Waals surface area contributed by atoms with Crippen molar-refractivity contribution in [1.82, 2.24) is 15.3 Å².